The summed E-state index contributed by atoms with van der Waals surface area (Å²) in [6.45, 7) is 5.68. The number of ether oxygens (including phenoxy) is 1. The number of halogens is 1. The van der Waals surface area contributed by atoms with Gasteiger partial charge in [-0.1, -0.05) is 70.8 Å². The molecule has 0 heterocycles. The highest BCUT2D eigenvalue weighted by molar-refractivity contribution is 5.79. The van der Waals surface area contributed by atoms with Crippen molar-refractivity contribution in [1.29, 1.82) is 0 Å². The van der Waals surface area contributed by atoms with Crippen LogP contribution in [0, 0.1) is 5.92 Å². The molecule has 0 fully saturated rings. The number of hydrogen-bond donors (Lipinski definition) is 1. The van der Waals surface area contributed by atoms with Gasteiger partial charge in [0.05, 0.1) is 13.0 Å². The van der Waals surface area contributed by atoms with E-state index >= 15 is 0 Å². The standard InChI is InChI=1S/C19H33FO4/c1-3-5-6-7-8-9-10-11-12-13-14-24-19(23)16(15-18(21)22)17(20)4-2/h4,16-17H,2-3,5-15H2,1H3,(H,21,22). The topological polar surface area (TPSA) is 63.6 Å². The van der Waals surface area contributed by atoms with Crippen LogP contribution in [0.3, 0.4) is 0 Å². The average Bonchev–Trinajstić information content (AvgIpc) is 2.56. The number of hydrogen-bond acceptors (Lipinski definition) is 3. The zero-order valence-corrected chi connectivity index (χ0v) is 15.0. The summed E-state index contributed by atoms with van der Waals surface area (Å²) in [5.74, 6) is -3.32. The Hall–Kier alpha value is -1.39. The molecule has 0 saturated carbocycles. The van der Waals surface area contributed by atoms with Gasteiger partial charge < -0.3 is 9.84 Å². The van der Waals surface area contributed by atoms with Crippen molar-refractivity contribution in [3.05, 3.63) is 12.7 Å². The molecule has 0 amide bonds. The fourth-order valence-corrected chi connectivity index (χ4v) is 2.55. The van der Waals surface area contributed by atoms with Gasteiger partial charge in [0.1, 0.15) is 12.1 Å². The van der Waals surface area contributed by atoms with Crippen LogP contribution in [0.4, 0.5) is 4.39 Å². The van der Waals surface area contributed by atoms with E-state index in [0.29, 0.717) is 0 Å². The highest BCUT2D eigenvalue weighted by atomic mass is 19.1. The first-order valence-corrected chi connectivity index (χ1v) is 9.18. The molecule has 0 aromatic rings. The molecule has 1 N–H and O–H groups in total. The number of carbonyl (C=O) groups is 2. The fourth-order valence-electron chi connectivity index (χ4n) is 2.55. The van der Waals surface area contributed by atoms with Crippen LogP contribution >= 0.6 is 0 Å². The largest absolute Gasteiger partial charge is 0.481 e. The maximum Gasteiger partial charge on any atom is 0.312 e. The number of unbranched alkanes of at least 4 members (excludes halogenated alkanes) is 9. The monoisotopic (exact) mass is 344 g/mol. The molecule has 0 aliphatic rings. The van der Waals surface area contributed by atoms with E-state index in [2.05, 4.69) is 13.5 Å². The Kier molecular flexibility index (Phi) is 14.3. The predicted octanol–water partition coefficient (Wildman–Crippen LogP) is 5.07. The first-order valence-electron chi connectivity index (χ1n) is 9.18. The maximum atomic E-state index is 13.6. The van der Waals surface area contributed by atoms with Gasteiger partial charge in [-0.05, 0) is 6.42 Å². The molecular formula is C19H33FO4. The Morgan fingerprint density at radius 3 is 2.00 bits per heavy atom. The van der Waals surface area contributed by atoms with E-state index < -0.39 is 30.4 Å². The van der Waals surface area contributed by atoms with Gasteiger partial charge in [-0.2, -0.15) is 0 Å². The van der Waals surface area contributed by atoms with E-state index in [1.165, 1.54) is 44.9 Å². The molecule has 0 aromatic heterocycles. The number of carboxylic acid groups (broad SMARTS) is 1. The molecule has 0 aliphatic carbocycles. The van der Waals surface area contributed by atoms with Crippen LogP contribution in [-0.2, 0) is 14.3 Å². The highest BCUT2D eigenvalue weighted by Gasteiger charge is 2.30. The summed E-state index contributed by atoms with van der Waals surface area (Å²) in [7, 11) is 0. The number of carboxylic acids is 1. The van der Waals surface area contributed by atoms with Crippen molar-refractivity contribution in [2.75, 3.05) is 6.61 Å². The second-order valence-electron chi connectivity index (χ2n) is 6.23. The summed E-state index contributed by atoms with van der Waals surface area (Å²) in [6, 6.07) is 0. The lowest BCUT2D eigenvalue weighted by Crippen LogP contribution is -2.28. The van der Waals surface area contributed by atoms with Gasteiger partial charge in [0.15, 0.2) is 0 Å². The lowest BCUT2D eigenvalue weighted by Gasteiger charge is -2.15. The zero-order valence-electron chi connectivity index (χ0n) is 15.0. The van der Waals surface area contributed by atoms with Gasteiger partial charge in [-0.25, -0.2) is 4.39 Å². The third-order valence-electron chi connectivity index (χ3n) is 4.05. The zero-order chi connectivity index (χ0) is 18.2. The van der Waals surface area contributed by atoms with Crippen LogP contribution in [0.2, 0.25) is 0 Å². The van der Waals surface area contributed by atoms with Gasteiger partial charge in [0.2, 0.25) is 0 Å². The molecular weight excluding hydrogens is 311 g/mol. The molecule has 0 bridgehead atoms. The fraction of sp³-hybridized carbons (Fsp3) is 0.789. The molecule has 4 nitrogen and oxygen atoms in total. The number of alkyl halides is 1. The van der Waals surface area contributed by atoms with E-state index in [1.54, 1.807) is 0 Å². The van der Waals surface area contributed by atoms with Crippen LogP contribution < -0.4 is 0 Å². The molecule has 0 radical (unpaired) electrons. The minimum absolute atomic E-state index is 0.218. The molecule has 2 unspecified atom stereocenters. The van der Waals surface area contributed by atoms with Crippen molar-refractivity contribution in [3.63, 3.8) is 0 Å². The molecule has 0 spiro atoms. The Bertz CT molecular complexity index is 357. The van der Waals surface area contributed by atoms with Crippen molar-refractivity contribution < 1.29 is 23.8 Å². The van der Waals surface area contributed by atoms with Gasteiger partial charge in [0, 0.05) is 0 Å². The Balaban J connectivity index is 3.69. The summed E-state index contributed by atoms with van der Waals surface area (Å²) in [6.07, 6.45) is 10.4. The smallest absolute Gasteiger partial charge is 0.312 e. The van der Waals surface area contributed by atoms with Gasteiger partial charge in [-0.15, -0.1) is 6.58 Å². The van der Waals surface area contributed by atoms with Crippen molar-refractivity contribution in [3.8, 4) is 0 Å². The van der Waals surface area contributed by atoms with Gasteiger partial charge in [0.25, 0.3) is 0 Å². The maximum absolute atomic E-state index is 13.6. The SMILES string of the molecule is C=CC(F)C(CC(=O)O)C(=O)OCCCCCCCCCCCC. The third-order valence-corrected chi connectivity index (χ3v) is 4.05. The van der Waals surface area contributed by atoms with Crippen LogP contribution in [0.5, 0.6) is 0 Å². The lowest BCUT2D eigenvalue weighted by molar-refractivity contribution is -0.155. The summed E-state index contributed by atoms with van der Waals surface area (Å²) < 4.78 is 18.6. The molecule has 0 saturated heterocycles. The van der Waals surface area contributed by atoms with Crippen molar-refractivity contribution in [1.82, 2.24) is 0 Å². The normalized spacial score (nSPS) is 13.2. The number of carbonyl (C=O) groups excluding carboxylic acids is 1. The van der Waals surface area contributed by atoms with Crippen LogP contribution in [0.1, 0.15) is 77.6 Å². The van der Waals surface area contributed by atoms with Crippen molar-refractivity contribution >= 4 is 11.9 Å². The molecule has 0 aliphatic heterocycles. The van der Waals surface area contributed by atoms with E-state index in [9.17, 15) is 14.0 Å². The average molecular weight is 344 g/mol. The van der Waals surface area contributed by atoms with E-state index in [4.69, 9.17) is 9.84 Å². The summed E-state index contributed by atoms with van der Waals surface area (Å²) in [5.41, 5.74) is 0. The summed E-state index contributed by atoms with van der Waals surface area (Å²) in [5, 5.41) is 8.73. The molecule has 0 aromatic carbocycles. The van der Waals surface area contributed by atoms with Crippen LogP contribution in [0.15, 0.2) is 12.7 Å². The molecule has 5 heteroatoms. The Labute approximate surface area is 145 Å². The highest BCUT2D eigenvalue weighted by Crippen LogP contribution is 2.16. The number of allylic oxidation sites excluding steroid dienone is 1. The number of aliphatic carboxylic acids is 1. The Morgan fingerprint density at radius 1 is 1.04 bits per heavy atom. The minimum Gasteiger partial charge on any atom is -0.481 e. The quantitative estimate of drug-likeness (QED) is 0.241. The number of esters is 1. The second-order valence-corrected chi connectivity index (χ2v) is 6.23. The second kappa shape index (κ2) is 15.2. The van der Waals surface area contributed by atoms with E-state index in [-0.39, 0.29) is 6.61 Å². The third kappa shape index (κ3) is 12.1. The van der Waals surface area contributed by atoms with Crippen molar-refractivity contribution in [2.24, 2.45) is 5.92 Å². The van der Waals surface area contributed by atoms with Gasteiger partial charge in [-0.3, -0.25) is 9.59 Å². The lowest BCUT2D eigenvalue weighted by atomic mass is 10.00. The summed E-state index contributed by atoms with van der Waals surface area (Å²) >= 11 is 0. The van der Waals surface area contributed by atoms with E-state index in [1.807, 2.05) is 0 Å². The first-order chi connectivity index (χ1) is 11.5. The van der Waals surface area contributed by atoms with E-state index in [0.717, 1.165) is 25.3 Å². The molecule has 140 valence electrons. The summed E-state index contributed by atoms with van der Waals surface area (Å²) in [4.78, 5) is 22.5. The first kappa shape index (κ1) is 22.6. The van der Waals surface area contributed by atoms with Crippen LogP contribution in [-0.4, -0.2) is 29.8 Å². The molecule has 2 atom stereocenters. The van der Waals surface area contributed by atoms with Crippen molar-refractivity contribution in [2.45, 2.75) is 83.7 Å². The van der Waals surface area contributed by atoms with Crippen LogP contribution in [0.25, 0.3) is 0 Å². The molecule has 0 rings (SSSR count). The number of rotatable bonds is 16. The van der Waals surface area contributed by atoms with Gasteiger partial charge >= 0.3 is 11.9 Å². The Morgan fingerprint density at radius 2 is 1.54 bits per heavy atom. The predicted molar refractivity (Wildman–Crippen MR) is 93.6 cm³/mol. The minimum atomic E-state index is -1.69. The molecule has 24 heavy (non-hydrogen) atoms.